The van der Waals surface area contributed by atoms with Crippen molar-refractivity contribution in [3.05, 3.63) is 36.0 Å². The molecule has 1 aromatic carbocycles. The van der Waals surface area contributed by atoms with E-state index in [0.29, 0.717) is 0 Å². The average molecular weight is 244 g/mol. The van der Waals surface area contributed by atoms with Crippen LogP contribution in [0, 0.1) is 5.92 Å². The van der Waals surface area contributed by atoms with Gasteiger partial charge in [0.25, 0.3) is 0 Å². The Morgan fingerprint density at radius 3 is 3.22 bits per heavy atom. The van der Waals surface area contributed by atoms with E-state index < -0.39 is 0 Å². The number of nitrogens with one attached hydrogen (secondary N) is 2. The van der Waals surface area contributed by atoms with E-state index in [0.717, 1.165) is 32.2 Å². The van der Waals surface area contributed by atoms with Gasteiger partial charge in [-0.3, -0.25) is 0 Å². The van der Waals surface area contributed by atoms with E-state index in [1.807, 2.05) is 6.20 Å². The highest BCUT2D eigenvalue weighted by atomic mass is 16.5. The summed E-state index contributed by atoms with van der Waals surface area (Å²) in [6.07, 6.45) is 4.45. The second-order valence-electron chi connectivity index (χ2n) is 5.09. The Hall–Kier alpha value is -1.32. The van der Waals surface area contributed by atoms with Gasteiger partial charge in [0.05, 0.1) is 0 Å². The number of aromatic nitrogens is 1. The molecule has 0 radical (unpaired) electrons. The second-order valence-corrected chi connectivity index (χ2v) is 5.09. The van der Waals surface area contributed by atoms with Gasteiger partial charge in [-0.2, -0.15) is 0 Å². The van der Waals surface area contributed by atoms with Crippen LogP contribution < -0.4 is 5.32 Å². The lowest BCUT2D eigenvalue weighted by atomic mass is 10.1. The fraction of sp³-hybridized carbons (Fsp3) is 0.467. The minimum Gasteiger partial charge on any atom is -0.381 e. The van der Waals surface area contributed by atoms with Gasteiger partial charge >= 0.3 is 0 Å². The van der Waals surface area contributed by atoms with Crippen molar-refractivity contribution in [1.82, 2.24) is 10.3 Å². The van der Waals surface area contributed by atoms with E-state index in [9.17, 15) is 0 Å². The van der Waals surface area contributed by atoms with Crippen LogP contribution >= 0.6 is 0 Å². The molecular formula is C15H20N2O. The zero-order chi connectivity index (χ0) is 12.2. The molecule has 2 N–H and O–H groups in total. The first-order valence-corrected chi connectivity index (χ1v) is 6.76. The molecule has 0 spiro atoms. The van der Waals surface area contributed by atoms with Crippen LogP contribution in [0.25, 0.3) is 10.9 Å². The molecule has 2 aromatic rings. The van der Waals surface area contributed by atoms with Crippen LogP contribution in [0.4, 0.5) is 0 Å². The van der Waals surface area contributed by atoms with Crippen LogP contribution in [0.3, 0.4) is 0 Å². The molecule has 2 heterocycles. The molecule has 1 aromatic heterocycles. The first-order valence-electron chi connectivity index (χ1n) is 6.76. The molecule has 3 rings (SSSR count). The number of fused-ring (bicyclic) bond motifs is 1. The number of rotatable bonds is 5. The van der Waals surface area contributed by atoms with Gasteiger partial charge in [0.15, 0.2) is 0 Å². The summed E-state index contributed by atoms with van der Waals surface area (Å²) in [5.74, 6) is 0.768. The van der Waals surface area contributed by atoms with Crippen LogP contribution in [0.15, 0.2) is 30.5 Å². The summed E-state index contributed by atoms with van der Waals surface area (Å²) >= 11 is 0. The van der Waals surface area contributed by atoms with Crippen molar-refractivity contribution < 1.29 is 4.74 Å². The Balaban J connectivity index is 1.47. The molecule has 1 aliphatic heterocycles. The van der Waals surface area contributed by atoms with E-state index in [1.54, 1.807) is 0 Å². The van der Waals surface area contributed by atoms with Gasteiger partial charge in [-0.15, -0.1) is 0 Å². The Kier molecular flexibility index (Phi) is 3.62. The fourth-order valence-corrected chi connectivity index (χ4v) is 2.56. The van der Waals surface area contributed by atoms with Gasteiger partial charge in [0.1, 0.15) is 0 Å². The normalized spacial score (nSPS) is 19.7. The van der Waals surface area contributed by atoms with Gasteiger partial charge in [-0.25, -0.2) is 0 Å². The monoisotopic (exact) mass is 244 g/mol. The van der Waals surface area contributed by atoms with Crippen molar-refractivity contribution in [3.8, 4) is 0 Å². The van der Waals surface area contributed by atoms with Crippen molar-refractivity contribution in [3.63, 3.8) is 0 Å². The quantitative estimate of drug-likeness (QED) is 0.793. The second kappa shape index (κ2) is 5.55. The molecule has 0 bridgehead atoms. The maximum atomic E-state index is 5.38. The van der Waals surface area contributed by atoms with Crippen LogP contribution in [0.2, 0.25) is 0 Å². The van der Waals surface area contributed by atoms with Crippen LogP contribution in [0.1, 0.15) is 18.4 Å². The topological polar surface area (TPSA) is 37.0 Å². The Bertz CT molecular complexity index is 500. The average Bonchev–Trinajstić information content (AvgIpc) is 3.05. The van der Waals surface area contributed by atoms with Crippen molar-refractivity contribution in [2.45, 2.75) is 19.4 Å². The first kappa shape index (κ1) is 11.8. The van der Waals surface area contributed by atoms with E-state index in [4.69, 9.17) is 4.74 Å². The summed E-state index contributed by atoms with van der Waals surface area (Å²) in [5.41, 5.74) is 2.56. The number of benzene rings is 1. The van der Waals surface area contributed by atoms with Crippen molar-refractivity contribution in [1.29, 1.82) is 0 Å². The zero-order valence-electron chi connectivity index (χ0n) is 10.6. The molecule has 0 saturated carbocycles. The lowest BCUT2D eigenvalue weighted by Crippen LogP contribution is -2.17. The van der Waals surface area contributed by atoms with Crippen LogP contribution in [-0.2, 0) is 11.3 Å². The Morgan fingerprint density at radius 2 is 2.33 bits per heavy atom. The van der Waals surface area contributed by atoms with Crippen LogP contribution in [-0.4, -0.2) is 24.7 Å². The molecule has 1 aliphatic rings. The minimum atomic E-state index is 0.768. The zero-order valence-corrected chi connectivity index (χ0v) is 10.6. The predicted octanol–water partition coefficient (Wildman–Crippen LogP) is 2.68. The molecular weight excluding hydrogens is 224 g/mol. The van der Waals surface area contributed by atoms with E-state index in [1.165, 1.54) is 29.3 Å². The van der Waals surface area contributed by atoms with Gasteiger partial charge in [-0.1, -0.05) is 6.07 Å². The van der Waals surface area contributed by atoms with Gasteiger partial charge in [0, 0.05) is 31.5 Å². The standard InChI is InChI=1S/C15H20N2O/c1-2-15-14(4-7-17-15)9-13(1)10-16-6-3-12-5-8-18-11-12/h1-2,4,7,9,12,16-17H,3,5-6,8,10-11H2. The molecule has 1 saturated heterocycles. The lowest BCUT2D eigenvalue weighted by Gasteiger charge is -2.08. The maximum absolute atomic E-state index is 5.38. The third kappa shape index (κ3) is 2.74. The van der Waals surface area contributed by atoms with Gasteiger partial charge in [-0.05, 0) is 54.5 Å². The molecule has 0 amide bonds. The summed E-state index contributed by atoms with van der Waals surface area (Å²) in [5, 5.41) is 4.81. The summed E-state index contributed by atoms with van der Waals surface area (Å²) in [6, 6.07) is 8.70. The fourth-order valence-electron chi connectivity index (χ4n) is 2.56. The molecule has 1 atom stereocenters. The summed E-state index contributed by atoms with van der Waals surface area (Å²) in [7, 11) is 0. The summed E-state index contributed by atoms with van der Waals surface area (Å²) in [6.45, 7) is 3.94. The number of hydrogen-bond acceptors (Lipinski definition) is 2. The molecule has 3 nitrogen and oxygen atoms in total. The number of hydrogen-bond donors (Lipinski definition) is 2. The van der Waals surface area contributed by atoms with Crippen molar-refractivity contribution >= 4 is 10.9 Å². The number of H-pyrrole nitrogens is 1. The van der Waals surface area contributed by atoms with E-state index in [-0.39, 0.29) is 0 Å². The predicted molar refractivity (Wildman–Crippen MR) is 73.5 cm³/mol. The van der Waals surface area contributed by atoms with E-state index >= 15 is 0 Å². The van der Waals surface area contributed by atoms with Gasteiger partial charge < -0.3 is 15.0 Å². The first-order chi connectivity index (χ1) is 8.92. The summed E-state index contributed by atoms with van der Waals surface area (Å²) < 4.78 is 5.38. The smallest absolute Gasteiger partial charge is 0.0495 e. The van der Waals surface area contributed by atoms with Gasteiger partial charge in [0.2, 0.25) is 0 Å². The number of ether oxygens (including phenoxy) is 1. The Labute approximate surface area is 108 Å². The highest BCUT2D eigenvalue weighted by molar-refractivity contribution is 5.79. The third-order valence-electron chi connectivity index (χ3n) is 3.70. The Morgan fingerprint density at radius 1 is 1.33 bits per heavy atom. The SMILES string of the molecule is c1cc2cc(CNCCC3CCOC3)ccc2[nH]1. The molecule has 0 aliphatic carbocycles. The van der Waals surface area contributed by atoms with Crippen molar-refractivity contribution in [2.24, 2.45) is 5.92 Å². The van der Waals surface area contributed by atoms with Crippen molar-refractivity contribution in [2.75, 3.05) is 19.8 Å². The molecule has 1 unspecified atom stereocenters. The molecule has 96 valence electrons. The minimum absolute atomic E-state index is 0.768. The maximum Gasteiger partial charge on any atom is 0.0495 e. The highest BCUT2D eigenvalue weighted by Gasteiger charge is 2.14. The van der Waals surface area contributed by atoms with E-state index in [2.05, 4.69) is 34.6 Å². The number of aromatic amines is 1. The highest BCUT2D eigenvalue weighted by Crippen LogP contribution is 2.16. The third-order valence-corrected chi connectivity index (χ3v) is 3.70. The molecule has 3 heteroatoms. The summed E-state index contributed by atoms with van der Waals surface area (Å²) in [4.78, 5) is 3.22. The molecule has 1 fully saturated rings. The molecule has 18 heavy (non-hydrogen) atoms. The largest absolute Gasteiger partial charge is 0.381 e. The lowest BCUT2D eigenvalue weighted by molar-refractivity contribution is 0.184. The van der Waals surface area contributed by atoms with Crippen LogP contribution in [0.5, 0.6) is 0 Å².